The van der Waals surface area contributed by atoms with Crippen molar-refractivity contribution in [2.24, 2.45) is 5.73 Å². The third-order valence-corrected chi connectivity index (χ3v) is 6.13. The van der Waals surface area contributed by atoms with Gasteiger partial charge in [0.05, 0.1) is 30.6 Å². The molecule has 0 aliphatic heterocycles. The molecule has 4 rings (SSSR count). The summed E-state index contributed by atoms with van der Waals surface area (Å²) in [5, 5.41) is 13.8. The second kappa shape index (κ2) is 11.1. The number of carbonyl (C=O) groups is 2. The van der Waals surface area contributed by atoms with Gasteiger partial charge in [-0.1, -0.05) is 22.8 Å². The molecule has 0 saturated heterocycles. The normalized spacial score (nSPS) is 11.5. The van der Waals surface area contributed by atoms with Crippen molar-refractivity contribution < 1.29 is 18.8 Å². The highest BCUT2D eigenvalue weighted by Crippen LogP contribution is 2.33. The standard InChI is InChI=1S/C27H22ClN5O5/c1-15-7-19(38-32-15)10-23(24(34)8-16-3-6-22(27(30)36)31-13-16)33-14-25(37-2)21(11-26(33)35)20-9-18(28)5-4-17(20)12-29/h3-7,9,11,13-14,23H,8,10H2,1-2H3,(H2,30,36). The van der Waals surface area contributed by atoms with Gasteiger partial charge < -0.3 is 19.6 Å². The summed E-state index contributed by atoms with van der Waals surface area (Å²) in [7, 11) is 1.42. The van der Waals surface area contributed by atoms with Gasteiger partial charge in [-0.3, -0.25) is 19.4 Å². The Hall–Kier alpha value is -4.75. The number of hydrogen-bond donors (Lipinski definition) is 1. The zero-order chi connectivity index (χ0) is 27.4. The van der Waals surface area contributed by atoms with E-state index in [-0.39, 0.29) is 30.1 Å². The lowest BCUT2D eigenvalue weighted by Gasteiger charge is -2.20. The lowest BCUT2D eigenvalue weighted by atomic mass is 9.98. The van der Waals surface area contributed by atoms with E-state index < -0.39 is 17.5 Å². The number of benzene rings is 1. The number of methoxy groups -OCH3 is 1. The van der Waals surface area contributed by atoms with Gasteiger partial charge in [-0.2, -0.15) is 5.26 Å². The average Bonchev–Trinajstić information content (AvgIpc) is 3.32. The van der Waals surface area contributed by atoms with Gasteiger partial charge >= 0.3 is 0 Å². The van der Waals surface area contributed by atoms with Crippen LogP contribution in [0.2, 0.25) is 5.02 Å². The Labute approximate surface area is 222 Å². The summed E-state index contributed by atoms with van der Waals surface area (Å²) in [5.41, 5.74) is 7.07. The molecule has 11 heteroatoms. The molecule has 0 fully saturated rings. The number of carbonyl (C=O) groups excluding carboxylic acids is 2. The summed E-state index contributed by atoms with van der Waals surface area (Å²) >= 11 is 6.15. The lowest BCUT2D eigenvalue weighted by molar-refractivity contribution is -0.121. The maximum Gasteiger partial charge on any atom is 0.267 e. The Morgan fingerprint density at radius 1 is 1.21 bits per heavy atom. The van der Waals surface area contributed by atoms with Crippen LogP contribution in [0.1, 0.15) is 39.1 Å². The minimum absolute atomic E-state index is 0.0511. The highest BCUT2D eigenvalue weighted by Gasteiger charge is 2.26. The van der Waals surface area contributed by atoms with Crippen LogP contribution >= 0.6 is 11.6 Å². The molecule has 0 saturated carbocycles. The number of ether oxygens (including phenoxy) is 1. The predicted octanol–water partition coefficient (Wildman–Crippen LogP) is 3.43. The summed E-state index contributed by atoms with van der Waals surface area (Å²) in [6.45, 7) is 1.75. The number of hydrogen-bond acceptors (Lipinski definition) is 8. The summed E-state index contributed by atoms with van der Waals surface area (Å²) in [4.78, 5) is 42.3. The van der Waals surface area contributed by atoms with E-state index in [1.54, 1.807) is 37.3 Å². The Morgan fingerprint density at radius 3 is 2.61 bits per heavy atom. The maximum absolute atomic E-state index is 13.6. The van der Waals surface area contributed by atoms with Crippen LogP contribution in [0, 0.1) is 18.3 Å². The van der Waals surface area contributed by atoms with Gasteiger partial charge in [-0.25, -0.2) is 0 Å². The number of primary amides is 1. The van der Waals surface area contributed by atoms with Crippen LogP contribution in [0.25, 0.3) is 11.1 Å². The largest absolute Gasteiger partial charge is 0.495 e. The van der Waals surface area contributed by atoms with Crippen LogP contribution in [0.4, 0.5) is 0 Å². The van der Waals surface area contributed by atoms with Crippen LogP contribution in [-0.2, 0) is 17.6 Å². The summed E-state index contributed by atoms with van der Waals surface area (Å²) in [6, 6.07) is 11.8. The van der Waals surface area contributed by atoms with E-state index in [1.807, 2.05) is 0 Å². The number of rotatable bonds is 9. The van der Waals surface area contributed by atoms with Crippen LogP contribution in [0.15, 0.2) is 64.2 Å². The smallest absolute Gasteiger partial charge is 0.267 e. The fraction of sp³-hybridized carbons (Fsp3) is 0.185. The Bertz CT molecular complexity index is 1620. The number of halogens is 1. The number of aryl methyl sites for hydroxylation is 1. The maximum atomic E-state index is 13.6. The average molecular weight is 532 g/mol. The number of aromatic nitrogens is 3. The van der Waals surface area contributed by atoms with E-state index in [9.17, 15) is 19.6 Å². The molecule has 0 aliphatic rings. The van der Waals surface area contributed by atoms with Gasteiger partial charge in [-0.05, 0) is 36.8 Å². The highest BCUT2D eigenvalue weighted by molar-refractivity contribution is 6.31. The first-order chi connectivity index (χ1) is 18.2. The molecule has 38 heavy (non-hydrogen) atoms. The molecule has 1 aromatic carbocycles. The number of nitrogens with zero attached hydrogens (tertiary/aromatic N) is 4. The van der Waals surface area contributed by atoms with Crippen molar-refractivity contribution in [3.8, 4) is 22.9 Å². The van der Waals surface area contributed by atoms with Crippen molar-refractivity contribution in [2.75, 3.05) is 7.11 Å². The van der Waals surface area contributed by atoms with Gasteiger partial charge in [0.2, 0.25) is 0 Å². The van der Waals surface area contributed by atoms with E-state index in [2.05, 4.69) is 16.2 Å². The summed E-state index contributed by atoms with van der Waals surface area (Å²) in [5.74, 6) is -0.313. The Kier molecular flexibility index (Phi) is 7.69. The van der Waals surface area contributed by atoms with Crippen LogP contribution in [-0.4, -0.2) is 33.5 Å². The number of nitriles is 1. The predicted molar refractivity (Wildman–Crippen MR) is 138 cm³/mol. The molecule has 2 N–H and O–H groups in total. The number of pyridine rings is 2. The molecule has 0 radical (unpaired) electrons. The molecular formula is C27H22ClN5O5. The van der Waals surface area contributed by atoms with E-state index in [4.69, 9.17) is 26.6 Å². The Morgan fingerprint density at radius 2 is 2.00 bits per heavy atom. The fourth-order valence-corrected chi connectivity index (χ4v) is 4.22. The molecule has 192 valence electrons. The van der Waals surface area contributed by atoms with Gasteiger partial charge in [-0.15, -0.1) is 0 Å². The zero-order valence-electron chi connectivity index (χ0n) is 20.5. The van der Waals surface area contributed by atoms with Crippen LogP contribution in [0.3, 0.4) is 0 Å². The van der Waals surface area contributed by atoms with Gasteiger partial charge in [0.1, 0.15) is 23.2 Å². The zero-order valence-corrected chi connectivity index (χ0v) is 21.2. The van der Waals surface area contributed by atoms with E-state index >= 15 is 0 Å². The van der Waals surface area contributed by atoms with E-state index in [0.29, 0.717) is 38.7 Å². The van der Waals surface area contributed by atoms with Gasteiger partial charge in [0, 0.05) is 47.3 Å². The van der Waals surface area contributed by atoms with Crippen molar-refractivity contribution in [2.45, 2.75) is 25.8 Å². The second-order valence-corrected chi connectivity index (χ2v) is 8.95. The van der Waals surface area contributed by atoms with Crippen molar-refractivity contribution >= 4 is 23.3 Å². The number of amides is 1. The first-order valence-corrected chi connectivity index (χ1v) is 11.8. The molecule has 10 nitrogen and oxygen atoms in total. The minimum atomic E-state index is -0.983. The van der Waals surface area contributed by atoms with Crippen molar-refractivity contribution in [3.05, 3.63) is 98.5 Å². The number of Topliss-reactive ketones (excluding diaryl/α,β-unsaturated/α-hetero) is 1. The van der Waals surface area contributed by atoms with E-state index in [0.717, 1.165) is 0 Å². The van der Waals surface area contributed by atoms with Crippen molar-refractivity contribution in [1.29, 1.82) is 5.26 Å². The topological polar surface area (TPSA) is 154 Å². The first kappa shape index (κ1) is 26.3. The Balaban J connectivity index is 1.78. The number of ketones is 1. The molecular weight excluding hydrogens is 510 g/mol. The van der Waals surface area contributed by atoms with Crippen molar-refractivity contribution in [3.63, 3.8) is 0 Å². The number of nitrogens with two attached hydrogens (primary N) is 1. The summed E-state index contributed by atoms with van der Waals surface area (Å²) < 4.78 is 12.2. The monoisotopic (exact) mass is 531 g/mol. The van der Waals surface area contributed by atoms with Gasteiger partial charge in [0.25, 0.3) is 11.5 Å². The molecule has 0 aliphatic carbocycles. The molecule has 4 aromatic rings. The van der Waals surface area contributed by atoms with Crippen molar-refractivity contribution in [1.82, 2.24) is 14.7 Å². The van der Waals surface area contributed by atoms with Crippen LogP contribution in [0.5, 0.6) is 5.75 Å². The highest BCUT2D eigenvalue weighted by atomic mass is 35.5. The fourth-order valence-electron chi connectivity index (χ4n) is 4.05. The molecule has 1 amide bonds. The molecule has 1 atom stereocenters. The quantitative estimate of drug-likeness (QED) is 0.344. The lowest BCUT2D eigenvalue weighted by Crippen LogP contribution is -2.32. The van der Waals surface area contributed by atoms with Gasteiger partial charge in [0.15, 0.2) is 5.78 Å². The molecule has 0 bridgehead atoms. The third kappa shape index (κ3) is 5.63. The van der Waals surface area contributed by atoms with Crippen LogP contribution < -0.4 is 16.0 Å². The molecule has 1 unspecified atom stereocenters. The SMILES string of the molecule is COc1cn(C(Cc2cc(C)no2)C(=O)Cc2ccc(C(N)=O)nc2)c(=O)cc1-c1cc(Cl)ccc1C#N. The first-order valence-electron chi connectivity index (χ1n) is 11.4. The second-order valence-electron chi connectivity index (χ2n) is 8.52. The minimum Gasteiger partial charge on any atom is -0.495 e. The molecule has 0 spiro atoms. The third-order valence-electron chi connectivity index (χ3n) is 5.89. The van der Waals surface area contributed by atoms with E-state index in [1.165, 1.54) is 36.2 Å². The molecule has 3 aromatic heterocycles. The molecule has 3 heterocycles. The summed E-state index contributed by atoms with van der Waals surface area (Å²) in [6.07, 6.45) is 2.80.